The molecule has 5 aromatic rings. The van der Waals surface area contributed by atoms with Crippen molar-refractivity contribution in [3.63, 3.8) is 0 Å². The summed E-state index contributed by atoms with van der Waals surface area (Å²) in [5.41, 5.74) is 3.48. The predicted octanol–water partition coefficient (Wildman–Crippen LogP) is 4.87. The maximum atomic E-state index is 13.4. The molecule has 1 saturated carbocycles. The Bertz CT molecular complexity index is 2360. The van der Waals surface area contributed by atoms with E-state index in [2.05, 4.69) is 49.4 Å². The lowest BCUT2D eigenvalue weighted by molar-refractivity contribution is -0.135. The highest BCUT2D eigenvalue weighted by molar-refractivity contribution is 6.04. The number of aryl methyl sites for hydroxylation is 1. The second kappa shape index (κ2) is 15.6. The number of imidazole rings is 1. The van der Waals surface area contributed by atoms with Crippen LogP contribution in [0.4, 0.5) is 5.69 Å². The number of aliphatic hydroxyl groups is 1. The molecule has 2 aliphatic heterocycles. The maximum absolute atomic E-state index is 13.4. The molecule has 14 nitrogen and oxygen atoms in total. The average Bonchev–Trinajstić information content (AvgIpc) is 3.72. The van der Waals surface area contributed by atoms with Crippen LogP contribution < -0.4 is 16.3 Å². The molecule has 0 spiro atoms. The average molecular weight is 776 g/mol. The van der Waals surface area contributed by atoms with Crippen LogP contribution in [0.3, 0.4) is 0 Å². The number of hydrogen-bond donors (Lipinski definition) is 3. The fraction of sp³-hybridized carbons (Fsp3) is 0.488. The number of anilines is 1. The summed E-state index contributed by atoms with van der Waals surface area (Å²) in [5.74, 6) is -0.418. The van der Waals surface area contributed by atoms with Crippen LogP contribution in [0.2, 0.25) is 0 Å². The zero-order chi connectivity index (χ0) is 40.0. The second-order valence-corrected chi connectivity index (χ2v) is 16.9. The molecule has 0 radical (unpaired) electrons. The van der Waals surface area contributed by atoms with Gasteiger partial charge in [-0.25, -0.2) is 4.79 Å². The first-order valence-electron chi connectivity index (χ1n) is 20.3. The topological polar surface area (TPSA) is 160 Å². The summed E-state index contributed by atoms with van der Waals surface area (Å²) < 4.78 is 5.29. The van der Waals surface area contributed by atoms with Crippen LogP contribution in [0.25, 0.3) is 21.9 Å². The van der Waals surface area contributed by atoms with Crippen molar-refractivity contribution < 1.29 is 19.5 Å². The predicted molar refractivity (Wildman–Crippen MR) is 218 cm³/mol. The van der Waals surface area contributed by atoms with Crippen LogP contribution in [-0.4, -0.2) is 89.3 Å². The first-order chi connectivity index (χ1) is 27.3. The van der Waals surface area contributed by atoms with E-state index in [1.54, 1.807) is 54.4 Å². The van der Waals surface area contributed by atoms with E-state index < -0.39 is 17.6 Å². The molecular formula is C43H53N9O5. The fourth-order valence-corrected chi connectivity index (χ4v) is 9.36. The fourth-order valence-electron chi connectivity index (χ4n) is 9.36. The maximum Gasteiger partial charge on any atom is 0.329 e. The van der Waals surface area contributed by atoms with Gasteiger partial charge in [0.15, 0.2) is 0 Å². The number of aromatic nitrogens is 5. The Morgan fingerprint density at radius 2 is 1.77 bits per heavy atom. The number of amides is 3. The minimum atomic E-state index is -1.19. The first-order valence-corrected chi connectivity index (χ1v) is 20.3. The van der Waals surface area contributed by atoms with Crippen molar-refractivity contribution in [1.29, 1.82) is 0 Å². The molecule has 1 atom stereocenters. The smallest absolute Gasteiger partial charge is 0.329 e. The van der Waals surface area contributed by atoms with Gasteiger partial charge in [-0.15, -0.1) is 0 Å². The Morgan fingerprint density at radius 1 is 1.00 bits per heavy atom. The number of nitrogens with one attached hydrogen (secondary N) is 2. The summed E-state index contributed by atoms with van der Waals surface area (Å²) >= 11 is 0. The molecule has 57 heavy (non-hydrogen) atoms. The van der Waals surface area contributed by atoms with Crippen LogP contribution in [0, 0.1) is 5.92 Å². The summed E-state index contributed by atoms with van der Waals surface area (Å²) in [6.07, 6.45) is 10.7. The van der Waals surface area contributed by atoms with Crippen LogP contribution in [0.15, 0.2) is 65.7 Å². The van der Waals surface area contributed by atoms with Crippen molar-refractivity contribution in [2.75, 3.05) is 32.0 Å². The molecule has 2 saturated heterocycles. The lowest BCUT2D eigenvalue weighted by atomic mass is 9.85. The molecule has 5 heterocycles. The molecule has 2 aromatic carbocycles. The van der Waals surface area contributed by atoms with Crippen molar-refractivity contribution in [3.05, 3.63) is 88.2 Å². The SMILES string of the molecule is CN(C[C@H]1CC[C@H](n2cc3cc(NC(=O)c4ccccn4)c(C(C)(C)O)cc3n2)CC1)C1CCN(Cc2cccc3c2n(C)c(=O)n3C2CCC(=O)NC2=O)CC1. The Hall–Kier alpha value is -5.18. The highest BCUT2D eigenvalue weighted by atomic mass is 16.3. The second-order valence-electron chi connectivity index (χ2n) is 16.9. The van der Waals surface area contributed by atoms with E-state index >= 15 is 0 Å². The van der Waals surface area contributed by atoms with Gasteiger partial charge in [0.05, 0.1) is 28.2 Å². The summed E-state index contributed by atoms with van der Waals surface area (Å²) in [6, 6.07) is 15.0. The monoisotopic (exact) mass is 775 g/mol. The highest BCUT2D eigenvalue weighted by Crippen LogP contribution is 2.36. The molecule has 3 fully saturated rings. The molecule has 1 unspecified atom stereocenters. The zero-order valence-corrected chi connectivity index (χ0v) is 33.3. The van der Waals surface area contributed by atoms with E-state index in [0.29, 0.717) is 41.4 Å². The van der Waals surface area contributed by atoms with E-state index in [-0.39, 0.29) is 23.9 Å². The number of likely N-dealkylation sites (tertiary alicyclic amines) is 1. The number of carbonyl (C=O) groups is 3. The molecule has 300 valence electrons. The number of rotatable bonds is 10. The third kappa shape index (κ3) is 7.90. The van der Waals surface area contributed by atoms with Gasteiger partial charge in [0.1, 0.15) is 11.7 Å². The van der Waals surface area contributed by atoms with Crippen LogP contribution >= 0.6 is 0 Å². The van der Waals surface area contributed by atoms with E-state index in [1.807, 2.05) is 24.3 Å². The van der Waals surface area contributed by atoms with Crippen molar-refractivity contribution in [2.24, 2.45) is 13.0 Å². The molecule has 0 bridgehead atoms. The van der Waals surface area contributed by atoms with Crippen molar-refractivity contribution in [2.45, 2.75) is 95.5 Å². The molecule has 3 aromatic heterocycles. The van der Waals surface area contributed by atoms with Gasteiger partial charge in [0.25, 0.3) is 5.91 Å². The standard InChI is InChI=1S/C43H53N9O5/c1-43(2,57)32-23-34-29(22-35(32)45-40(54)33-9-5-6-19-44-33)26-51(47-34)31-13-11-27(12-14-31)24-48(3)30-17-20-50(21-18-30)25-28-8-7-10-36-39(28)49(4)42(56)52(36)37-15-16-38(53)46-41(37)55/h5-10,19,22-23,26-27,30-31,37,57H,11-18,20-21,24-25H2,1-4H3,(H,45,54)(H,46,53,55)/t27-,31-,37?. The number of hydrogen-bond acceptors (Lipinski definition) is 9. The van der Waals surface area contributed by atoms with Crippen molar-refractivity contribution in [3.8, 4) is 0 Å². The number of para-hydroxylation sites is 1. The quantitative estimate of drug-likeness (QED) is 0.168. The number of pyridine rings is 1. The Labute approximate surface area is 331 Å². The number of piperidine rings is 2. The van der Waals surface area contributed by atoms with E-state index in [1.165, 1.54) is 0 Å². The zero-order valence-electron chi connectivity index (χ0n) is 33.3. The third-order valence-corrected chi connectivity index (χ3v) is 12.5. The lowest BCUT2D eigenvalue weighted by Gasteiger charge is -2.39. The van der Waals surface area contributed by atoms with Gasteiger partial charge in [-0.1, -0.05) is 18.2 Å². The summed E-state index contributed by atoms with van der Waals surface area (Å²) in [6.45, 7) is 7.16. The summed E-state index contributed by atoms with van der Waals surface area (Å²) in [4.78, 5) is 60.0. The van der Waals surface area contributed by atoms with Gasteiger partial charge in [-0.05, 0) is 121 Å². The Kier molecular flexibility index (Phi) is 10.6. The Morgan fingerprint density at radius 3 is 2.47 bits per heavy atom. The Balaban J connectivity index is 0.856. The van der Waals surface area contributed by atoms with Gasteiger partial charge in [0.2, 0.25) is 11.8 Å². The molecule has 3 amide bonds. The molecule has 14 heteroatoms. The number of carbonyl (C=O) groups excluding carboxylic acids is 3. The molecular weight excluding hydrogens is 723 g/mol. The van der Waals surface area contributed by atoms with Crippen molar-refractivity contribution >= 4 is 45.3 Å². The van der Waals surface area contributed by atoms with Crippen LogP contribution in [0.5, 0.6) is 0 Å². The molecule has 3 N–H and O–H groups in total. The van der Waals surface area contributed by atoms with E-state index in [4.69, 9.17) is 5.10 Å². The number of nitrogens with zero attached hydrogens (tertiary/aromatic N) is 7. The van der Waals surface area contributed by atoms with Gasteiger partial charge in [-0.3, -0.25) is 43.4 Å². The number of benzene rings is 2. The van der Waals surface area contributed by atoms with Crippen LogP contribution in [-0.2, 0) is 28.8 Å². The number of fused-ring (bicyclic) bond motifs is 2. The van der Waals surface area contributed by atoms with Gasteiger partial charge in [-0.2, -0.15) is 5.10 Å². The summed E-state index contributed by atoms with van der Waals surface area (Å²) in [5, 5.41) is 22.2. The molecule has 3 aliphatic rings. The van der Waals surface area contributed by atoms with Gasteiger partial charge in [0, 0.05) is 61.6 Å². The lowest BCUT2D eigenvalue weighted by Crippen LogP contribution is -2.44. The normalized spacial score (nSPS) is 21.4. The molecule has 1 aliphatic carbocycles. The minimum Gasteiger partial charge on any atom is -0.386 e. The van der Waals surface area contributed by atoms with Gasteiger partial charge >= 0.3 is 5.69 Å². The highest BCUT2D eigenvalue weighted by Gasteiger charge is 2.33. The number of imide groups is 1. The summed E-state index contributed by atoms with van der Waals surface area (Å²) in [7, 11) is 4.03. The van der Waals surface area contributed by atoms with Crippen LogP contribution in [0.1, 0.15) is 98.9 Å². The largest absolute Gasteiger partial charge is 0.386 e. The van der Waals surface area contributed by atoms with E-state index in [0.717, 1.165) is 92.2 Å². The van der Waals surface area contributed by atoms with Gasteiger partial charge < -0.3 is 15.3 Å². The minimum absolute atomic E-state index is 0.220. The third-order valence-electron chi connectivity index (χ3n) is 12.5. The van der Waals surface area contributed by atoms with E-state index in [9.17, 15) is 24.3 Å². The van der Waals surface area contributed by atoms with Crippen molar-refractivity contribution in [1.82, 2.24) is 39.0 Å². The molecule has 8 rings (SSSR count). The first kappa shape index (κ1) is 38.7.